The normalized spacial score (nSPS) is 10.3. The number of Topliss-reactive ketones (excluding diaryl/α,β-unsaturated/α-hetero) is 1. The molecule has 0 aliphatic carbocycles. The lowest BCUT2D eigenvalue weighted by Gasteiger charge is -2.08. The molecule has 1 aromatic carbocycles. The second-order valence-corrected chi connectivity index (χ2v) is 4.00. The molecule has 0 radical (unpaired) electrons. The zero-order valence-corrected chi connectivity index (χ0v) is 10.2. The highest BCUT2D eigenvalue weighted by Crippen LogP contribution is 2.20. The maximum Gasteiger partial charge on any atom is 0.165 e. The van der Waals surface area contributed by atoms with Gasteiger partial charge in [0.2, 0.25) is 0 Å². The van der Waals surface area contributed by atoms with Gasteiger partial charge in [0, 0.05) is 17.3 Å². The van der Waals surface area contributed by atoms with Crippen LogP contribution in [0.2, 0.25) is 0 Å². The number of halogens is 2. The molecular formula is C14H11F2NO2. The van der Waals surface area contributed by atoms with Crippen LogP contribution in [0, 0.1) is 11.6 Å². The highest BCUT2D eigenvalue weighted by atomic mass is 19.1. The maximum atomic E-state index is 13.6. The Kier molecular flexibility index (Phi) is 3.85. The molecule has 0 saturated heterocycles. The smallest absolute Gasteiger partial charge is 0.165 e. The minimum atomic E-state index is -0.628. The molecular weight excluding hydrogens is 252 g/mol. The van der Waals surface area contributed by atoms with Crippen molar-refractivity contribution in [3.05, 3.63) is 59.4 Å². The minimum absolute atomic E-state index is 0.00109. The molecule has 3 nitrogen and oxygen atoms in total. The van der Waals surface area contributed by atoms with Crippen LogP contribution in [0.25, 0.3) is 0 Å². The van der Waals surface area contributed by atoms with Crippen molar-refractivity contribution in [1.82, 2.24) is 4.98 Å². The summed E-state index contributed by atoms with van der Waals surface area (Å²) in [6, 6.07) is 5.22. The Morgan fingerprint density at radius 2 is 2.05 bits per heavy atom. The molecule has 19 heavy (non-hydrogen) atoms. The zero-order chi connectivity index (χ0) is 13.8. The third-order valence-corrected chi connectivity index (χ3v) is 2.49. The summed E-state index contributed by atoms with van der Waals surface area (Å²) in [6.07, 6.45) is 2.51. The average molecular weight is 263 g/mol. The average Bonchev–Trinajstić information content (AvgIpc) is 2.37. The third kappa shape index (κ3) is 3.34. The molecule has 0 spiro atoms. The fourth-order valence-corrected chi connectivity index (χ4v) is 1.53. The second kappa shape index (κ2) is 5.56. The number of nitrogens with zero attached hydrogens (tertiary/aromatic N) is 1. The number of benzene rings is 1. The number of ether oxygens (including phenoxy) is 1. The summed E-state index contributed by atoms with van der Waals surface area (Å²) in [5.74, 6) is -1.32. The lowest BCUT2D eigenvalue weighted by molar-refractivity contribution is 0.101. The fraction of sp³-hybridized carbons (Fsp3) is 0.143. The van der Waals surface area contributed by atoms with Crippen LogP contribution in [0.15, 0.2) is 36.7 Å². The number of hydrogen-bond acceptors (Lipinski definition) is 3. The van der Waals surface area contributed by atoms with E-state index in [0.717, 1.165) is 12.3 Å². The van der Waals surface area contributed by atoms with E-state index in [2.05, 4.69) is 4.98 Å². The number of carbonyl (C=O) groups is 1. The molecule has 2 rings (SSSR count). The van der Waals surface area contributed by atoms with Gasteiger partial charge in [0.05, 0.1) is 6.20 Å². The van der Waals surface area contributed by atoms with Crippen LogP contribution in [-0.4, -0.2) is 10.8 Å². The summed E-state index contributed by atoms with van der Waals surface area (Å²) in [5.41, 5.74) is 0.771. The molecule has 98 valence electrons. The second-order valence-electron chi connectivity index (χ2n) is 4.00. The summed E-state index contributed by atoms with van der Waals surface area (Å²) < 4.78 is 31.7. The molecule has 0 amide bonds. The van der Waals surface area contributed by atoms with E-state index in [9.17, 15) is 13.6 Å². The summed E-state index contributed by atoms with van der Waals surface area (Å²) in [6.45, 7) is 1.36. The standard InChI is InChI=1S/C14H11F2NO2/c1-9(18)11-2-3-14(13(16)5-11)19-8-10-4-12(15)7-17-6-10/h2-7H,8H2,1H3. The first-order valence-electron chi connectivity index (χ1n) is 5.59. The lowest BCUT2D eigenvalue weighted by atomic mass is 10.1. The molecule has 0 aliphatic heterocycles. The number of aromatic nitrogens is 1. The quantitative estimate of drug-likeness (QED) is 0.795. The first-order chi connectivity index (χ1) is 9.06. The summed E-state index contributed by atoms with van der Waals surface area (Å²) >= 11 is 0. The van der Waals surface area contributed by atoms with Crippen LogP contribution in [0.3, 0.4) is 0 Å². The van der Waals surface area contributed by atoms with Gasteiger partial charge in [-0.05, 0) is 31.2 Å². The number of rotatable bonds is 4. The SMILES string of the molecule is CC(=O)c1ccc(OCc2cncc(F)c2)c(F)c1. The topological polar surface area (TPSA) is 39.2 Å². The van der Waals surface area contributed by atoms with Gasteiger partial charge < -0.3 is 4.74 Å². The lowest BCUT2D eigenvalue weighted by Crippen LogP contribution is -2.00. The predicted octanol–water partition coefficient (Wildman–Crippen LogP) is 3.14. The van der Waals surface area contributed by atoms with Crippen LogP contribution in [0.4, 0.5) is 8.78 Å². The first kappa shape index (κ1) is 13.1. The van der Waals surface area contributed by atoms with Crippen LogP contribution in [0.1, 0.15) is 22.8 Å². The Labute approximate surface area is 108 Å². The molecule has 0 aliphatic rings. The van der Waals surface area contributed by atoms with Gasteiger partial charge in [-0.2, -0.15) is 0 Å². The maximum absolute atomic E-state index is 13.6. The van der Waals surface area contributed by atoms with E-state index < -0.39 is 11.6 Å². The van der Waals surface area contributed by atoms with E-state index in [1.54, 1.807) is 0 Å². The Morgan fingerprint density at radius 1 is 1.26 bits per heavy atom. The van der Waals surface area contributed by atoms with Gasteiger partial charge in [-0.25, -0.2) is 8.78 Å². The van der Waals surface area contributed by atoms with Crippen molar-refractivity contribution in [2.75, 3.05) is 0 Å². The number of ketones is 1. The summed E-state index contributed by atoms with van der Waals surface area (Å²) in [7, 11) is 0. The molecule has 0 unspecified atom stereocenters. The monoisotopic (exact) mass is 263 g/mol. The van der Waals surface area contributed by atoms with Crippen molar-refractivity contribution in [1.29, 1.82) is 0 Å². The van der Waals surface area contributed by atoms with Crippen molar-refractivity contribution in [2.45, 2.75) is 13.5 Å². The van der Waals surface area contributed by atoms with E-state index >= 15 is 0 Å². The molecule has 1 aromatic heterocycles. The van der Waals surface area contributed by atoms with Crippen LogP contribution in [0.5, 0.6) is 5.75 Å². The molecule has 5 heteroatoms. The van der Waals surface area contributed by atoms with Gasteiger partial charge in [0.15, 0.2) is 17.3 Å². The van der Waals surface area contributed by atoms with Crippen molar-refractivity contribution in [2.24, 2.45) is 0 Å². The van der Waals surface area contributed by atoms with Crippen molar-refractivity contribution in [3.8, 4) is 5.75 Å². The van der Waals surface area contributed by atoms with Crippen LogP contribution >= 0.6 is 0 Å². The van der Waals surface area contributed by atoms with Crippen LogP contribution < -0.4 is 4.74 Å². The van der Waals surface area contributed by atoms with Crippen molar-refractivity contribution < 1.29 is 18.3 Å². The van der Waals surface area contributed by atoms with E-state index in [1.165, 1.54) is 31.3 Å². The Morgan fingerprint density at radius 3 is 2.68 bits per heavy atom. The summed E-state index contributed by atoms with van der Waals surface area (Å²) in [5, 5.41) is 0. The number of carbonyl (C=O) groups excluding carboxylic acids is 1. The minimum Gasteiger partial charge on any atom is -0.486 e. The van der Waals surface area contributed by atoms with Crippen molar-refractivity contribution in [3.63, 3.8) is 0 Å². The molecule has 0 fully saturated rings. The molecule has 0 saturated carbocycles. The number of pyridine rings is 1. The summed E-state index contributed by atoms with van der Waals surface area (Å²) in [4.78, 5) is 14.7. The zero-order valence-electron chi connectivity index (χ0n) is 10.2. The van der Waals surface area contributed by atoms with E-state index in [-0.39, 0.29) is 23.7 Å². The largest absolute Gasteiger partial charge is 0.486 e. The predicted molar refractivity (Wildman–Crippen MR) is 64.9 cm³/mol. The van der Waals surface area contributed by atoms with Gasteiger partial charge >= 0.3 is 0 Å². The highest BCUT2D eigenvalue weighted by molar-refractivity contribution is 5.94. The fourth-order valence-electron chi connectivity index (χ4n) is 1.53. The van der Waals surface area contributed by atoms with Gasteiger partial charge in [-0.15, -0.1) is 0 Å². The first-order valence-corrected chi connectivity index (χ1v) is 5.59. The molecule has 2 aromatic rings. The molecule has 1 heterocycles. The Balaban J connectivity index is 2.10. The Bertz CT molecular complexity index is 614. The van der Waals surface area contributed by atoms with E-state index in [4.69, 9.17) is 4.74 Å². The van der Waals surface area contributed by atoms with E-state index in [0.29, 0.717) is 5.56 Å². The number of hydrogen-bond donors (Lipinski definition) is 0. The van der Waals surface area contributed by atoms with Crippen LogP contribution in [-0.2, 0) is 6.61 Å². The Hall–Kier alpha value is -2.30. The van der Waals surface area contributed by atoms with Crippen molar-refractivity contribution >= 4 is 5.78 Å². The van der Waals surface area contributed by atoms with Gasteiger partial charge in [0.25, 0.3) is 0 Å². The van der Waals surface area contributed by atoms with Gasteiger partial charge in [0.1, 0.15) is 12.4 Å². The van der Waals surface area contributed by atoms with Gasteiger partial charge in [-0.3, -0.25) is 9.78 Å². The molecule has 0 N–H and O–H groups in total. The van der Waals surface area contributed by atoms with Gasteiger partial charge in [-0.1, -0.05) is 0 Å². The molecule has 0 bridgehead atoms. The highest BCUT2D eigenvalue weighted by Gasteiger charge is 2.08. The van der Waals surface area contributed by atoms with E-state index in [1.807, 2.05) is 0 Å². The third-order valence-electron chi connectivity index (χ3n) is 2.49. The molecule has 0 atom stereocenters.